The first-order valence-electron chi connectivity index (χ1n) is 5.76. The summed E-state index contributed by atoms with van der Waals surface area (Å²) < 4.78 is 40.3. The van der Waals surface area contributed by atoms with E-state index in [-0.39, 0.29) is 10.9 Å². The van der Waals surface area contributed by atoms with Gasteiger partial charge in [-0.15, -0.1) is 11.3 Å². The van der Waals surface area contributed by atoms with Crippen LogP contribution in [0.3, 0.4) is 0 Å². The molecule has 3 rings (SSSR count). The van der Waals surface area contributed by atoms with Crippen LogP contribution < -0.4 is 0 Å². The monoisotopic (exact) mass is 311 g/mol. The Kier molecular flexibility index (Phi) is 3.27. The van der Waals surface area contributed by atoms with Gasteiger partial charge in [0.15, 0.2) is 0 Å². The number of fused-ring (bicyclic) bond motifs is 1. The third-order valence-electron chi connectivity index (χ3n) is 2.77. The Morgan fingerprint density at radius 2 is 2.15 bits per heavy atom. The SMILES string of the molecule is O=S(=O)(c1nc2ccccc2s1)C(F)Cn1ccnc1. The first kappa shape index (κ1) is 13.2. The Labute approximate surface area is 118 Å². The standard InChI is InChI=1S/C12H10FN3O2S2/c13-11(7-16-6-5-14-8-16)20(17,18)12-15-9-3-1-2-4-10(9)19-12/h1-6,8,11H,7H2. The molecular formula is C12H10FN3O2S2. The molecule has 1 aromatic carbocycles. The Bertz CT molecular complexity index is 794. The summed E-state index contributed by atoms with van der Waals surface area (Å²) in [7, 11) is -4.08. The van der Waals surface area contributed by atoms with Crippen molar-refractivity contribution in [1.29, 1.82) is 0 Å². The number of sulfone groups is 1. The van der Waals surface area contributed by atoms with Crippen LogP contribution in [0.2, 0.25) is 0 Å². The molecule has 0 amide bonds. The Morgan fingerprint density at radius 3 is 2.85 bits per heavy atom. The highest BCUT2D eigenvalue weighted by Crippen LogP contribution is 2.28. The molecule has 8 heteroatoms. The van der Waals surface area contributed by atoms with Crippen molar-refractivity contribution < 1.29 is 12.8 Å². The van der Waals surface area contributed by atoms with Gasteiger partial charge in [-0.3, -0.25) is 0 Å². The highest BCUT2D eigenvalue weighted by atomic mass is 32.2. The van der Waals surface area contributed by atoms with Crippen LogP contribution in [-0.4, -0.2) is 28.5 Å². The topological polar surface area (TPSA) is 64.8 Å². The molecule has 0 fully saturated rings. The average molecular weight is 311 g/mol. The second kappa shape index (κ2) is 4.95. The Hall–Kier alpha value is -1.80. The number of hydrogen-bond donors (Lipinski definition) is 0. The predicted molar refractivity (Wildman–Crippen MR) is 73.9 cm³/mol. The van der Waals surface area contributed by atoms with Gasteiger partial charge in [-0.2, -0.15) is 0 Å². The summed E-state index contributed by atoms with van der Waals surface area (Å²) in [6.45, 7) is -0.293. The normalized spacial score (nSPS) is 13.7. The van der Waals surface area contributed by atoms with Gasteiger partial charge < -0.3 is 4.57 Å². The molecule has 2 heterocycles. The van der Waals surface area contributed by atoms with Gasteiger partial charge in [0, 0.05) is 12.4 Å². The van der Waals surface area contributed by atoms with Crippen LogP contribution in [0.25, 0.3) is 10.2 Å². The van der Waals surface area contributed by atoms with E-state index in [1.807, 2.05) is 0 Å². The lowest BCUT2D eigenvalue weighted by molar-refractivity contribution is 0.377. The maximum Gasteiger partial charge on any atom is 0.239 e. The molecule has 0 aliphatic heterocycles. The maximum absolute atomic E-state index is 14.1. The van der Waals surface area contributed by atoms with E-state index in [0.29, 0.717) is 5.52 Å². The number of para-hydroxylation sites is 1. The molecule has 0 saturated carbocycles. The summed E-state index contributed by atoms with van der Waals surface area (Å²) in [4.78, 5) is 7.75. The van der Waals surface area contributed by atoms with Gasteiger partial charge in [-0.05, 0) is 12.1 Å². The minimum Gasteiger partial charge on any atom is -0.333 e. The van der Waals surface area contributed by atoms with Crippen molar-refractivity contribution in [2.75, 3.05) is 0 Å². The first-order valence-corrected chi connectivity index (χ1v) is 8.13. The molecule has 0 bridgehead atoms. The molecule has 0 saturated heterocycles. The van der Waals surface area contributed by atoms with E-state index < -0.39 is 15.3 Å². The van der Waals surface area contributed by atoms with Crippen LogP contribution in [0.1, 0.15) is 0 Å². The van der Waals surface area contributed by atoms with E-state index in [4.69, 9.17) is 0 Å². The third-order valence-corrected chi connectivity index (χ3v) is 5.95. The summed E-state index contributed by atoms with van der Waals surface area (Å²) in [5.74, 6) is 0. The highest BCUT2D eigenvalue weighted by Gasteiger charge is 2.30. The van der Waals surface area contributed by atoms with Crippen molar-refractivity contribution >= 4 is 31.4 Å². The van der Waals surface area contributed by atoms with Gasteiger partial charge in [-0.25, -0.2) is 22.8 Å². The fraction of sp³-hybridized carbons (Fsp3) is 0.167. The number of thiazole rings is 1. The number of nitrogens with zero attached hydrogens (tertiary/aromatic N) is 3. The summed E-state index contributed by atoms with van der Waals surface area (Å²) in [5, 5.41) is 0. The molecule has 3 aromatic rings. The van der Waals surface area contributed by atoms with Crippen LogP contribution in [0, 0.1) is 0 Å². The molecule has 20 heavy (non-hydrogen) atoms. The summed E-state index contributed by atoms with van der Waals surface area (Å²) >= 11 is 0.981. The van der Waals surface area contributed by atoms with E-state index in [1.54, 1.807) is 24.3 Å². The molecule has 0 N–H and O–H groups in total. The molecule has 1 unspecified atom stereocenters. The fourth-order valence-electron chi connectivity index (χ4n) is 1.74. The van der Waals surface area contributed by atoms with Crippen molar-refractivity contribution in [1.82, 2.24) is 14.5 Å². The lowest BCUT2D eigenvalue weighted by atomic mass is 10.3. The van der Waals surface area contributed by atoms with E-state index >= 15 is 0 Å². The Balaban J connectivity index is 1.94. The largest absolute Gasteiger partial charge is 0.333 e. The average Bonchev–Trinajstić information content (AvgIpc) is 3.06. The molecule has 5 nitrogen and oxygen atoms in total. The van der Waals surface area contributed by atoms with Crippen LogP contribution in [0.4, 0.5) is 4.39 Å². The Morgan fingerprint density at radius 1 is 1.35 bits per heavy atom. The van der Waals surface area contributed by atoms with Crippen molar-refractivity contribution in [2.24, 2.45) is 0 Å². The van der Waals surface area contributed by atoms with Gasteiger partial charge in [-0.1, -0.05) is 12.1 Å². The summed E-state index contributed by atoms with van der Waals surface area (Å²) in [6.07, 6.45) is 4.36. The first-order chi connectivity index (χ1) is 9.57. The number of halogens is 1. The molecule has 1 atom stereocenters. The summed E-state index contributed by atoms with van der Waals surface area (Å²) in [5.41, 5.74) is -1.48. The van der Waals surface area contributed by atoms with Gasteiger partial charge in [0.1, 0.15) is 0 Å². The van der Waals surface area contributed by atoms with Crippen LogP contribution in [0.5, 0.6) is 0 Å². The van der Waals surface area contributed by atoms with Crippen molar-refractivity contribution in [3.63, 3.8) is 0 Å². The lowest BCUT2D eigenvalue weighted by Crippen LogP contribution is -2.21. The van der Waals surface area contributed by atoms with Gasteiger partial charge in [0.2, 0.25) is 19.7 Å². The van der Waals surface area contributed by atoms with Crippen molar-refractivity contribution in [3.8, 4) is 0 Å². The number of rotatable bonds is 4. The molecule has 0 aliphatic carbocycles. The number of aromatic nitrogens is 3. The second-order valence-electron chi connectivity index (χ2n) is 4.16. The minimum atomic E-state index is -4.08. The van der Waals surface area contributed by atoms with Crippen LogP contribution >= 0.6 is 11.3 Å². The van der Waals surface area contributed by atoms with Gasteiger partial charge in [0.05, 0.1) is 23.1 Å². The van der Waals surface area contributed by atoms with Crippen molar-refractivity contribution in [3.05, 3.63) is 43.0 Å². The zero-order valence-corrected chi connectivity index (χ0v) is 11.8. The molecule has 0 spiro atoms. The van der Waals surface area contributed by atoms with Crippen molar-refractivity contribution in [2.45, 2.75) is 16.4 Å². The number of imidazole rings is 1. The van der Waals surface area contributed by atoms with Crippen LogP contribution in [-0.2, 0) is 16.4 Å². The molecule has 0 aliphatic rings. The number of alkyl halides is 1. The molecule has 0 radical (unpaired) electrons. The third kappa shape index (κ3) is 2.32. The molecular weight excluding hydrogens is 301 g/mol. The zero-order chi connectivity index (χ0) is 14.2. The number of benzene rings is 1. The highest BCUT2D eigenvalue weighted by molar-refractivity contribution is 7.93. The van der Waals surface area contributed by atoms with Gasteiger partial charge in [0.25, 0.3) is 0 Å². The van der Waals surface area contributed by atoms with E-state index in [1.165, 1.54) is 23.3 Å². The quantitative estimate of drug-likeness (QED) is 0.741. The smallest absolute Gasteiger partial charge is 0.239 e. The molecule has 2 aromatic heterocycles. The number of hydrogen-bond acceptors (Lipinski definition) is 5. The van der Waals surface area contributed by atoms with Gasteiger partial charge >= 0.3 is 0 Å². The van der Waals surface area contributed by atoms with E-state index in [2.05, 4.69) is 9.97 Å². The fourth-order valence-corrected chi connectivity index (χ4v) is 4.30. The van der Waals surface area contributed by atoms with E-state index in [9.17, 15) is 12.8 Å². The predicted octanol–water partition coefficient (Wildman–Crippen LogP) is 2.26. The zero-order valence-electron chi connectivity index (χ0n) is 10.2. The van der Waals surface area contributed by atoms with E-state index in [0.717, 1.165) is 16.0 Å². The lowest BCUT2D eigenvalue weighted by Gasteiger charge is -2.07. The minimum absolute atomic E-state index is 0.189. The molecule has 104 valence electrons. The van der Waals surface area contributed by atoms with Crippen LogP contribution in [0.15, 0.2) is 47.3 Å². The summed E-state index contributed by atoms with van der Waals surface area (Å²) in [6, 6.07) is 7.01. The second-order valence-corrected chi connectivity index (χ2v) is 7.44. The maximum atomic E-state index is 14.1.